The molecule has 0 aliphatic heterocycles. The van der Waals surface area contributed by atoms with E-state index in [0.717, 1.165) is 30.9 Å². The molecule has 0 bridgehead atoms. The third kappa shape index (κ3) is 5.36. The molecule has 0 radical (unpaired) electrons. The summed E-state index contributed by atoms with van der Waals surface area (Å²) in [7, 11) is 0. The number of aryl methyl sites for hydroxylation is 1. The maximum Gasteiger partial charge on any atom is 0.170 e. The Bertz CT molecular complexity index is 473. The molecule has 0 aliphatic rings. The molecule has 0 amide bonds. The molecule has 0 aliphatic carbocycles. The Morgan fingerprint density at radius 1 is 1.43 bits per heavy atom. The first-order valence-corrected chi connectivity index (χ1v) is 7.38. The molecule has 0 saturated heterocycles. The van der Waals surface area contributed by atoms with Crippen LogP contribution in [0.4, 0.5) is 0 Å². The van der Waals surface area contributed by atoms with E-state index in [1.165, 1.54) is 5.56 Å². The zero-order valence-corrected chi connectivity index (χ0v) is 13.4. The van der Waals surface area contributed by atoms with Gasteiger partial charge in [0.2, 0.25) is 0 Å². The van der Waals surface area contributed by atoms with Crippen molar-refractivity contribution in [3.05, 3.63) is 34.9 Å². The number of nitrogens with zero attached hydrogens (tertiary/aromatic N) is 1. The van der Waals surface area contributed by atoms with Crippen molar-refractivity contribution >= 4 is 5.84 Å². The van der Waals surface area contributed by atoms with Crippen LogP contribution in [-0.2, 0) is 11.3 Å². The average Bonchev–Trinajstić information content (AvgIpc) is 2.47. The quantitative estimate of drug-likeness (QED) is 0.297. The highest BCUT2D eigenvalue weighted by Gasteiger charge is 2.13. The van der Waals surface area contributed by atoms with E-state index in [1.807, 2.05) is 32.0 Å². The summed E-state index contributed by atoms with van der Waals surface area (Å²) in [5, 5.41) is 15.3. The maximum absolute atomic E-state index is 8.70. The van der Waals surface area contributed by atoms with E-state index in [2.05, 4.69) is 24.3 Å². The van der Waals surface area contributed by atoms with Gasteiger partial charge < -0.3 is 21.0 Å². The largest absolute Gasteiger partial charge is 0.409 e. The van der Waals surface area contributed by atoms with Crippen LogP contribution in [0.1, 0.15) is 37.5 Å². The third-order valence-electron chi connectivity index (χ3n) is 3.61. The van der Waals surface area contributed by atoms with Crippen molar-refractivity contribution in [2.75, 3.05) is 13.2 Å². The van der Waals surface area contributed by atoms with Crippen LogP contribution in [-0.4, -0.2) is 30.3 Å². The number of nitrogens with one attached hydrogen (secondary N) is 1. The van der Waals surface area contributed by atoms with E-state index in [9.17, 15) is 0 Å². The molecule has 118 valence electrons. The molecule has 0 spiro atoms. The molecular weight excluding hydrogens is 266 g/mol. The minimum atomic E-state index is 0.133. The lowest BCUT2D eigenvalue weighted by molar-refractivity contribution is 0.108. The Hall–Kier alpha value is -1.59. The molecule has 5 heteroatoms. The fraction of sp³-hybridized carbons (Fsp3) is 0.562. The van der Waals surface area contributed by atoms with Gasteiger partial charge in [0.15, 0.2) is 5.84 Å². The topological polar surface area (TPSA) is 79.9 Å². The molecule has 1 rings (SSSR count). The van der Waals surface area contributed by atoms with Crippen LogP contribution in [0.25, 0.3) is 0 Å². The molecule has 21 heavy (non-hydrogen) atoms. The number of oxime groups is 1. The van der Waals surface area contributed by atoms with Crippen molar-refractivity contribution in [2.45, 2.75) is 40.3 Å². The average molecular weight is 293 g/mol. The van der Waals surface area contributed by atoms with Crippen molar-refractivity contribution in [3.8, 4) is 0 Å². The summed E-state index contributed by atoms with van der Waals surface area (Å²) in [6.45, 7) is 10.6. The maximum atomic E-state index is 8.70. The smallest absolute Gasteiger partial charge is 0.170 e. The summed E-state index contributed by atoms with van der Waals surface area (Å²) in [5.41, 5.74) is 8.64. The zero-order chi connectivity index (χ0) is 15.8. The SMILES string of the molecule is CCOCC(NCc1ccc(/C(N)=N/O)cc1C)C(C)C. The summed E-state index contributed by atoms with van der Waals surface area (Å²) in [4.78, 5) is 0. The highest BCUT2D eigenvalue weighted by molar-refractivity contribution is 5.97. The van der Waals surface area contributed by atoms with Crippen LogP contribution in [0, 0.1) is 12.8 Å². The normalized spacial score (nSPS) is 13.7. The second-order valence-electron chi connectivity index (χ2n) is 5.52. The lowest BCUT2D eigenvalue weighted by Gasteiger charge is -2.22. The Morgan fingerprint density at radius 3 is 2.67 bits per heavy atom. The first-order chi connectivity index (χ1) is 9.99. The van der Waals surface area contributed by atoms with E-state index in [1.54, 1.807) is 0 Å². The molecular formula is C16H27N3O2. The summed E-state index contributed by atoms with van der Waals surface area (Å²) in [6.07, 6.45) is 0. The number of benzene rings is 1. The Kier molecular flexibility index (Phi) is 7.19. The number of rotatable bonds is 8. The van der Waals surface area contributed by atoms with E-state index in [4.69, 9.17) is 15.7 Å². The minimum Gasteiger partial charge on any atom is -0.409 e. The third-order valence-corrected chi connectivity index (χ3v) is 3.61. The zero-order valence-electron chi connectivity index (χ0n) is 13.4. The van der Waals surface area contributed by atoms with Gasteiger partial charge in [-0.05, 0) is 37.0 Å². The highest BCUT2D eigenvalue weighted by Crippen LogP contribution is 2.12. The lowest BCUT2D eigenvalue weighted by Crippen LogP contribution is -2.37. The number of ether oxygens (including phenoxy) is 1. The Labute approximate surface area is 127 Å². The molecule has 0 fully saturated rings. The predicted octanol–water partition coefficient (Wildman–Crippen LogP) is 2.24. The monoisotopic (exact) mass is 293 g/mol. The molecule has 0 aromatic heterocycles. The van der Waals surface area contributed by atoms with Crippen LogP contribution in [0.3, 0.4) is 0 Å². The molecule has 1 atom stereocenters. The van der Waals surface area contributed by atoms with Gasteiger partial charge in [-0.3, -0.25) is 0 Å². The van der Waals surface area contributed by atoms with Crippen LogP contribution >= 0.6 is 0 Å². The molecule has 0 heterocycles. The molecule has 0 saturated carbocycles. The Balaban J connectivity index is 2.70. The molecule has 1 unspecified atom stereocenters. The Morgan fingerprint density at radius 2 is 2.14 bits per heavy atom. The fourth-order valence-electron chi connectivity index (χ4n) is 2.08. The molecule has 5 nitrogen and oxygen atoms in total. The summed E-state index contributed by atoms with van der Waals surface area (Å²) < 4.78 is 5.52. The number of nitrogens with two attached hydrogens (primary N) is 1. The predicted molar refractivity (Wildman–Crippen MR) is 85.6 cm³/mol. The van der Waals surface area contributed by atoms with Crippen LogP contribution in [0.2, 0.25) is 0 Å². The number of hydrogen-bond donors (Lipinski definition) is 3. The highest BCUT2D eigenvalue weighted by atomic mass is 16.5. The van der Waals surface area contributed by atoms with E-state index in [0.29, 0.717) is 12.0 Å². The lowest BCUT2D eigenvalue weighted by atomic mass is 10.0. The number of amidine groups is 1. The molecule has 4 N–H and O–H groups in total. The van der Waals surface area contributed by atoms with Gasteiger partial charge in [0.25, 0.3) is 0 Å². The molecule has 1 aromatic rings. The van der Waals surface area contributed by atoms with Gasteiger partial charge in [-0.1, -0.05) is 31.1 Å². The van der Waals surface area contributed by atoms with Gasteiger partial charge in [0.05, 0.1) is 6.61 Å². The fourth-order valence-corrected chi connectivity index (χ4v) is 2.08. The van der Waals surface area contributed by atoms with Gasteiger partial charge in [0.1, 0.15) is 0 Å². The van der Waals surface area contributed by atoms with Crippen LogP contribution in [0.5, 0.6) is 0 Å². The second kappa shape index (κ2) is 8.64. The van der Waals surface area contributed by atoms with E-state index in [-0.39, 0.29) is 5.84 Å². The van der Waals surface area contributed by atoms with Crippen molar-refractivity contribution in [3.63, 3.8) is 0 Å². The summed E-state index contributed by atoms with van der Waals surface area (Å²) >= 11 is 0. The van der Waals surface area contributed by atoms with Crippen molar-refractivity contribution in [1.82, 2.24) is 5.32 Å². The molecule has 1 aromatic carbocycles. The van der Waals surface area contributed by atoms with Crippen molar-refractivity contribution in [1.29, 1.82) is 0 Å². The second-order valence-corrected chi connectivity index (χ2v) is 5.52. The van der Waals surface area contributed by atoms with Gasteiger partial charge in [-0.2, -0.15) is 0 Å². The van der Waals surface area contributed by atoms with E-state index < -0.39 is 0 Å². The van der Waals surface area contributed by atoms with Crippen LogP contribution in [0.15, 0.2) is 23.4 Å². The van der Waals surface area contributed by atoms with Gasteiger partial charge in [-0.25, -0.2) is 0 Å². The number of hydrogen-bond acceptors (Lipinski definition) is 4. The first kappa shape index (κ1) is 17.5. The minimum absolute atomic E-state index is 0.133. The van der Waals surface area contributed by atoms with E-state index >= 15 is 0 Å². The van der Waals surface area contributed by atoms with Gasteiger partial charge >= 0.3 is 0 Å². The first-order valence-electron chi connectivity index (χ1n) is 7.38. The van der Waals surface area contributed by atoms with Crippen LogP contribution < -0.4 is 11.1 Å². The van der Waals surface area contributed by atoms with Gasteiger partial charge in [-0.15, -0.1) is 0 Å². The standard InChI is InChI=1S/C16H27N3O2/c1-5-21-10-15(11(2)3)18-9-14-7-6-13(8-12(14)4)16(17)19-20/h6-8,11,15,18,20H,5,9-10H2,1-4H3,(H2,17,19). The van der Waals surface area contributed by atoms with Crippen molar-refractivity contribution in [2.24, 2.45) is 16.8 Å². The summed E-state index contributed by atoms with van der Waals surface area (Å²) in [6, 6.07) is 6.13. The van der Waals surface area contributed by atoms with Crippen molar-refractivity contribution < 1.29 is 9.94 Å². The summed E-state index contributed by atoms with van der Waals surface area (Å²) in [5.74, 6) is 0.641. The van der Waals surface area contributed by atoms with Gasteiger partial charge in [0, 0.05) is 24.8 Å².